The number of benzene rings is 2. The average Bonchev–Trinajstić information content (AvgIpc) is 2.65. The van der Waals surface area contributed by atoms with Gasteiger partial charge >= 0.3 is 0 Å². The van der Waals surface area contributed by atoms with Crippen LogP contribution in [0.4, 0.5) is 4.39 Å². The zero-order valence-corrected chi connectivity index (χ0v) is 11.8. The van der Waals surface area contributed by atoms with E-state index in [4.69, 9.17) is 35.4 Å². The molecule has 3 rings (SSSR count). The molecule has 0 aliphatic rings. The number of halogens is 3. The molecule has 0 atom stereocenters. The van der Waals surface area contributed by atoms with Crippen molar-refractivity contribution in [3.05, 3.63) is 57.0 Å². The summed E-state index contributed by atoms with van der Waals surface area (Å²) in [6.45, 7) is 0. The molecule has 1 N–H and O–H groups in total. The molecule has 3 aromatic rings. The molecule has 0 fully saturated rings. The first-order valence-electron chi connectivity index (χ1n) is 5.42. The van der Waals surface area contributed by atoms with Crippen molar-refractivity contribution >= 4 is 46.5 Å². The lowest BCUT2D eigenvalue weighted by atomic mass is 10.2. The fourth-order valence-corrected chi connectivity index (χ4v) is 2.95. The van der Waals surface area contributed by atoms with Gasteiger partial charge in [0, 0.05) is 0 Å². The van der Waals surface area contributed by atoms with Gasteiger partial charge in [0.1, 0.15) is 5.82 Å². The first-order chi connectivity index (χ1) is 9.08. The van der Waals surface area contributed by atoms with Gasteiger partial charge in [-0.2, -0.15) is 0 Å². The third kappa shape index (κ3) is 2.06. The molecule has 0 bridgehead atoms. The summed E-state index contributed by atoms with van der Waals surface area (Å²) < 4.78 is 15.4. The van der Waals surface area contributed by atoms with E-state index in [0.717, 1.165) is 11.0 Å². The van der Waals surface area contributed by atoms with Crippen LogP contribution in [0.1, 0.15) is 0 Å². The second-order valence-corrected chi connectivity index (χ2v) is 5.20. The highest BCUT2D eigenvalue weighted by molar-refractivity contribution is 7.71. The van der Waals surface area contributed by atoms with Gasteiger partial charge in [0.15, 0.2) is 4.77 Å². The number of H-pyrrole nitrogens is 1. The second kappa shape index (κ2) is 4.63. The minimum Gasteiger partial charge on any atom is -0.330 e. The van der Waals surface area contributed by atoms with Crippen molar-refractivity contribution in [2.45, 2.75) is 0 Å². The molecule has 0 amide bonds. The molecule has 0 aliphatic carbocycles. The Bertz CT molecular complexity index is 815. The summed E-state index contributed by atoms with van der Waals surface area (Å²) in [5, 5.41) is 0.428. The lowest BCUT2D eigenvalue weighted by Gasteiger charge is -2.09. The number of fused-ring (bicyclic) bond motifs is 1. The quantitative estimate of drug-likeness (QED) is 0.617. The number of nitrogens with zero attached hydrogens (tertiary/aromatic N) is 1. The number of aromatic amines is 1. The lowest BCUT2D eigenvalue weighted by molar-refractivity contribution is 0.627. The third-order valence-corrected chi connectivity index (χ3v) is 3.66. The summed E-state index contributed by atoms with van der Waals surface area (Å²) in [5.74, 6) is -0.481. The number of imidazole rings is 1. The van der Waals surface area contributed by atoms with Gasteiger partial charge in [-0.15, -0.1) is 0 Å². The highest BCUT2D eigenvalue weighted by atomic mass is 35.5. The maximum absolute atomic E-state index is 13.3. The Hall–Kier alpha value is -1.36. The summed E-state index contributed by atoms with van der Waals surface area (Å²) in [7, 11) is 0. The second-order valence-electron chi connectivity index (χ2n) is 4.00. The van der Waals surface area contributed by atoms with E-state index in [1.807, 2.05) is 24.3 Å². The predicted molar refractivity (Wildman–Crippen MR) is 78.4 cm³/mol. The van der Waals surface area contributed by atoms with Crippen LogP contribution < -0.4 is 0 Å². The molecule has 0 unspecified atom stereocenters. The fourth-order valence-electron chi connectivity index (χ4n) is 2.03. The highest BCUT2D eigenvalue weighted by Crippen LogP contribution is 2.32. The summed E-state index contributed by atoms with van der Waals surface area (Å²) in [4.78, 5) is 3.06. The van der Waals surface area contributed by atoms with Crippen LogP contribution in [-0.2, 0) is 0 Å². The van der Waals surface area contributed by atoms with Crippen LogP contribution in [-0.4, -0.2) is 9.55 Å². The van der Waals surface area contributed by atoms with Crippen molar-refractivity contribution in [3.8, 4) is 5.69 Å². The third-order valence-electron chi connectivity index (χ3n) is 2.79. The highest BCUT2D eigenvalue weighted by Gasteiger charge is 2.14. The minimum atomic E-state index is -0.481. The molecule has 0 saturated heterocycles. The summed E-state index contributed by atoms with van der Waals surface area (Å²) >= 11 is 17.5. The maximum atomic E-state index is 13.3. The smallest absolute Gasteiger partial charge is 0.182 e. The van der Waals surface area contributed by atoms with Gasteiger partial charge in [0.05, 0.1) is 26.8 Å². The average molecular weight is 313 g/mol. The Labute approximate surface area is 123 Å². The van der Waals surface area contributed by atoms with Gasteiger partial charge in [-0.3, -0.25) is 4.57 Å². The standard InChI is InChI=1S/C13H7Cl2FN2S/c14-8-5-7(16)6-9(15)12(8)18-11-4-2-1-3-10(11)17-13(18)19/h1-6H,(H,17,19). The normalized spacial score (nSPS) is 11.1. The van der Waals surface area contributed by atoms with E-state index in [1.165, 1.54) is 12.1 Å². The molecule has 2 nitrogen and oxygen atoms in total. The molecule has 19 heavy (non-hydrogen) atoms. The van der Waals surface area contributed by atoms with Gasteiger partial charge in [0.2, 0.25) is 0 Å². The number of rotatable bonds is 1. The number of hydrogen-bond acceptors (Lipinski definition) is 1. The van der Waals surface area contributed by atoms with E-state index in [-0.39, 0.29) is 10.0 Å². The van der Waals surface area contributed by atoms with Crippen LogP contribution in [0.25, 0.3) is 16.7 Å². The first kappa shape index (κ1) is 12.7. The van der Waals surface area contributed by atoms with Crippen molar-refractivity contribution in [2.75, 3.05) is 0 Å². The SMILES string of the molecule is Fc1cc(Cl)c(-n2c(=S)[nH]c3ccccc32)c(Cl)c1. The predicted octanol–water partition coefficient (Wildman–Crippen LogP) is 5.13. The van der Waals surface area contributed by atoms with Gasteiger partial charge in [-0.1, -0.05) is 35.3 Å². The van der Waals surface area contributed by atoms with Gasteiger partial charge in [-0.25, -0.2) is 4.39 Å². The van der Waals surface area contributed by atoms with Crippen LogP contribution >= 0.6 is 35.4 Å². The minimum absolute atomic E-state index is 0.214. The number of hydrogen-bond donors (Lipinski definition) is 1. The Morgan fingerprint density at radius 2 is 1.74 bits per heavy atom. The Morgan fingerprint density at radius 1 is 1.11 bits per heavy atom. The van der Waals surface area contributed by atoms with Gasteiger partial charge in [0.25, 0.3) is 0 Å². The van der Waals surface area contributed by atoms with E-state index in [2.05, 4.69) is 4.98 Å². The first-order valence-corrected chi connectivity index (χ1v) is 6.59. The van der Waals surface area contributed by atoms with E-state index in [1.54, 1.807) is 4.57 Å². The Balaban J connectivity index is 2.43. The maximum Gasteiger partial charge on any atom is 0.182 e. The number of nitrogens with one attached hydrogen (secondary N) is 1. The van der Waals surface area contributed by atoms with Crippen molar-refractivity contribution in [3.63, 3.8) is 0 Å². The van der Waals surface area contributed by atoms with E-state index < -0.39 is 5.82 Å². The van der Waals surface area contributed by atoms with E-state index >= 15 is 0 Å². The zero-order valence-electron chi connectivity index (χ0n) is 9.45. The number of para-hydroxylation sites is 2. The monoisotopic (exact) mass is 312 g/mol. The van der Waals surface area contributed by atoms with Crippen molar-refractivity contribution in [1.29, 1.82) is 0 Å². The van der Waals surface area contributed by atoms with Crippen molar-refractivity contribution in [2.24, 2.45) is 0 Å². The fraction of sp³-hybridized carbons (Fsp3) is 0. The molecule has 0 radical (unpaired) electrons. The number of aromatic nitrogens is 2. The van der Waals surface area contributed by atoms with Crippen LogP contribution in [0, 0.1) is 10.6 Å². The van der Waals surface area contributed by atoms with Crippen LogP contribution in [0.5, 0.6) is 0 Å². The molecular weight excluding hydrogens is 306 g/mol. The van der Waals surface area contributed by atoms with Crippen molar-refractivity contribution in [1.82, 2.24) is 9.55 Å². The van der Waals surface area contributed by atoms with Gasteiger partial charge < -0.3 is 4.98 Å². The zero-order chi connectivity index (χ0) is 13.6. The molecule has 96 valence electrons. The topological polar surface area (TPSA) is 20.7 Å². The van der Waals surface area contributed by atoms with Crippen LogP contribution in [0.3, 0.4) is 0 Å². The summed E-state index contributed by atoms with van der Waals surface area (Å²) in [6, 6.07) is 9.99. The summed E-state index contributed by atoms with van der Waals surface area (Å²) in [6.07, 6.45) is 0. The van der Waals surface area contributed by atoms with Gasteiger partial charge in [-0.05, 0) is 36.5 Å². The molecule has 0 saturated carbocycles. The van der Waals surface area contributed by atoms with Crippen LogP contribution in [0.15, 0.2) is 36.4 Å². The molecule has 1 aromatic heterocycles. The molecule has 2 aromatic carbocycles. The Morgan fingerprint density at radius 3 is 2.42 bits per heavy atom. The molecule has 0 spiro atoms. The van der Waals surface area contributed by atoms with Crippen molar-refractivity contribution < 1.29 is 4.39 Å². The summed E-state index contributed by atoms with van der Waals surface area (Å²) in [5.41, 5.74) is 2.18. The Kier molecular flexibility index (Phi) is 3.09. The van der Waals surface area contributed by atoms with E-state index in [9.17, 15) is 4.39 Å². The van der Waals surface area contributed by atoms with E-state index in [0.29, 0.717) is 10.5 Å². The van der Waals surface area contributed by atoms with Crippen LogP contribution in [0.2, 0.25) is 10.0 Å². The molecule has 0 aliphatic heterocycles. The molecular formula is C13H7Cl2FN2S. The molecule has 1 heterocycles. The largest absolute Gasteiger partial charge is 0.330 e. The lowest BCUT2D eigenvalue weighted by Crippen LogP contribution is -1.97. The molecule has 6 heteroatoms.